The molecule has 1 fully saturated rings. The Bertz CT molecular complexity index is 536. The summed E-state index contributed by atoms with van der Waals surface area (Å²) in [6, 6.07) is 0.285. The van der Waals surface area contributed by atoms with E-state index in [1.54, 1.807) is 23.9 Å². The van der Waals surface area contributed by atoms with Gasteiger partial charge in [-0.1, -0.05) is 6.92 Å². The van der Waals surface area contributed by atoms with Gasteiger partial charge in [0.25, 0.3) is 5.56 Å². The van der Waals surface area contributed by atoms with E-state index in [0.29, 0.717) is 6.42 Å². The fourth-order valence-corrected chi connectivity index (χ4v) is 1.82. The predicted octanol–water partition coefficient (Wildman–Crippen LogP) is 1.49. The third kappa shape index (κ3) is 2.77. The van der Waals surface area contributed by atoms with Gasteiger partial charge in [-0.2, -0.15) is 0 Å². The van der Waals surface area contributed by atoms with Crippen LogP contribution in [0.2, 0.25) is 0 Å². The van der Waals surface area contributed by atoms with Crippen molar-refractivity contribution in [3.8, 4) is 0 Å². The Morgan fingerprint density at radius 3 is 2.84 bits per heavy atom. The summed E-state index contributed by atoms with van der Waals surface area (Å²) < 4.78 is 1.67. The van der Waals surface area contributed by atoms with Crippen LogP contribution in [0.5, 0.6) is 0 Å². The van der Waals surface area contributed by atoms with E-state index < -0.39 is 11.4 Å². The Labute approximate surface area is 111 Å². The smallest absolute Gasteiger partial charge is 0.311 e. The van der Waals surface area contributed by atoms with Crippen molar-refractivity contribution in [2.24, 2.45) is 5.41 Å². The van der Waals surface area contributed by atoms with Crippen LogP contribution in [0, 0.1) is 5.41 Å². The molecule has 1 unspecified atom stereocenters. The van der Waals surface area contributed by atoms with E-state index in [1.165, 1.54) is 0 Å². The van der Waals surface area contributed by atoms with Gasteiger partial charge < -0.3 is 15.0 Å². The van der Waals surface area contributed by atoms with Crippen LogP contribution in [-0.4, -0.2) is 27.2 Å². The van der Waals surface area contributed by atoms with Gasteiger partial charge in [-0.15, -0.1) is 0 Å². The van der Waals surface area contributed by atoms with E-state index in [2.05, 4.69) is 10.3 Å². The number of rotatable bonds is 6. The van der Waals surface area contributed by atoms with Crippen molar-refractivity contribution in [3.05, 3.63) is 22.7 Å². The van der Waals surface area contributed by atoms with Gasteiger partial charge >= 0.3 is 5.97 Å². The first-order chi connectivity index (χ1) is 8.98. The minimum absolute atomic E-state index is 0.172. The van der Waals surface area contributed by atoms with Gasteiger partial charge in [0.15, 0.2) is 5.82 Å². The number of hydrogen-bond donors (Lipinski definition) is 2. The zero-order valence-corrected chi connectivity index (χ0v) is 11.2. The average molecular weight is 265 g/mol. The van der Waals surface area contributed by atoms with E-state index in [9.17, 15) is 14.7 Å². The number of carboxylic acid groups (broad SMARTS) is 1. The maximum Gasteiger partial charge on any atom is 0.311 e. The second kappa shape index (κ2) is 5.03. The molecule has 1 aromatic heterocycles. The Kier molecular flexibility index (Phi) is 3.59. The van der Waals surface area contributed by atoms with Crippen molar-refractivity contribution >= 4 is 11.8 Å². The lowest BCUT2D eigenvalue weighted by molar-refractivity contribution is -0.147. The monoisotopic (exact) mass is 265 g/mol. The molecule has 6 nitrogen and oxygen atoms in total. The van der Waals surface area contributed by atoms with Crippen LogP contribution in [0.4, 0.5) is 5.82 Å². The molecule has 0 spiro atoms. The lowest BCUT2D eigenvalue weighted by Gasteiger charge is -2.23. The molecule has 1 atom stereocenters. The molecule has 0 aliphatic heterocycles. The van der Waals surface area contributed by atoms with Crippen LogP contribution in [0.1, 0.15) is 39.2 Å². The third-order valence-electron chi connectivity index (χ3n) is 3.75. The summed E-state index contributed by atoms with van der Waals surface area (Å²) in [6.45, 7) is 3.66. The summed E-state index contributed by atoms with van der Waals surface area (Å²) in [5.74, 6) is -0.642. The summed E-state index contributed by atoms with van der Waals surface area (Å²) in [5, 5.41) is 12.1. The highest BCUT2D eigenvalue weighted by Gasteiger charge is 2.31. The highest BCUT2D eigenvalue weighted by Crippen LogP contribution is 2.33. The number of aromatic nitrogens is 2. The van der Waals surface area contributed by atoms with Gasteiger partial charge in [0.2, 0.25) is 0 Å². The van der Waals surface area contributed by atoms with Crippen LogP contribution >= 0.6 is 0 Å². The first-order valence-electron chi connectivity index (χ1n) is 6.52. The molecule has 2 rings (SSSR count). The second-order valence-corrected chi connectivity index (χ2v) is 5.29. The van der Waals surface area contributed by atoms with Crippen molar-refractivity contribution in [2.75, 3.05) is 11.9 Å². The summed E-state index contributed by atoms with van der Waals surface area (Å²) >= 11 is 0. The molecule has 0 aromatic carbocycles. The fourth-order valence-electron chi connectivity index (χ4n) is 1.82. The molecule has 0 amide bonds. The molecule has 2 N–H and O–H groups in total. The standard InChI is InChI=1S/C13H19N3O3/c1-3-13(2,12(18)19)8-15-10-11(17)16(7-6-14-10)9-4-5-9/h6-7,9H,3-5,8H2,1-2H3,(H,14,15)(H,18,19). The third-order valence-corrected chi connectivity index (χ3v) is 3.75. The Morgan fingerprint density at radius 1 is 1.63 bits per heavy atom. The summed E-state index contributed by atoms with van der Waals surface area (Å²) in [7, 11) is 0. The molecule has 0 saturated heterocycles. The Balaban J connectivity index is 2.14. The highest BCUT2D eigenvalue weighted by molar-refractivity contribution is 5.74. The lowest BCUT2D eigenvalue weighted by atomic mass is 9.88. The minimum atomic E-state index is -0.894. The van der Waals surface area contributed by atoms with E-state index in [4.69, 9.17) is 0 Å². The van der Waals surface area contributed by atoms with Crippen LogP contribution < -0.4 is 10.9 Å². The molecule has 6 heteroatoms. The van der Waals surface area contributed by atoms with Crippen molar-refractivity contribution in [1.29, 1.82) is 0 Å². The van der Waals surface area contributed by atoms with Gasteiger partial charge in [0.05, 0.1) is 5.41 Å². The SMILES string of the molecule is CCC(C)(CNc1nccn(C2CC2)c1=O)C(=O)O. The van der Waals surface area contributed by atoms with Crippen LogP contribution in [0.15, 0.2) is 17.2 Å². The molecule has 1 saturated carbocycles. The van der Waals surface area contributed by atoms with Gasteiger partial charge in [-0.25, -0.2) is 4.98 Å². The normalized spacial score (nSPS) is 17.8. The zero-order chi connectivity index (χ0) is 14.0. The quantitative estimate of drug-likeness (QED) is 0.814. The molecule has 1 heterocycles. The number of aliphatic carboxylic acids is 1. The predicted molar refractivity (Wildman–Crippen MR) is 71.3 cm³/mol. The fraction of sp³-hybridized carbons (Fsp3) is 0.615. The van der Waals surface area contributed by atoms with E-state index in [-0.39, 0.29) is 24.0 Å². The number of carbonyl (C=O) groups is 1. The largest absolute Gasteiger partial charge is 0.481 e. The minimum Gasteiger partial charge on any atom is -0.481 e. The molecule has 1 aliphatic rings. The molecule has 19 heavy (non-hydrogen) atoms. The number of nitrogens with zero attached hydrogens (tertiary/aromatic N) is 2. The maximum atomic E-state index is 12.1. The number of hydrogen-bond acceptors (Lipinski definition) is 4. The second-order valence-electron chi connectivity index (χ2n) is 5.29. The summed E-state index contributed by atoms with van der Waals surface area (Å²) in [4.78, 5) is 27.3. The first kappa shape index (κ1) is 13.6. The number of carboxylic acids is 1. The van der Waals surface area contributed by atoms with Crippen molar-refractivity contribution in [2.45, 2.75) is 39.2 Å². The first-order valence-corrected chi connectivity index (χ1v) is 6.52. The van der Waals surface area contributed by atoms with Crippen LogP contribution in [0.3, 0.4) is 0 Å². The number of nitrogens with one attached hydrogen (secondary N) is 1. The molecule has 104 valence electrons. The molecular formula is C13H19N3O3. The van der Waals surface area contributed by atoms with E-state index >= 15 is 0 Å². The number of anilines is 1. The summed E-state index contributed by atoms with van der Waals surface area (Å²) in [5.41, 5.74) is -1.07. The van der Waals surface area contributed by atoms with Crippen LogP contribution in [-0.2, 0) is 4.79 Å². The molecule has 1 aliphatic carbocycles. The van der Waals surface area contributed by atoms with Crippen molar-refractivity contribution in [1.82, 2.24) is 9.55 Å². The highest BCUT2D eigenvalue weighted by atomic mass is 16.4. The molecule has 0 radical (unpaired) electrons. The average Bonchev–Trinajstić information content (AvgIpc) is 3.21. The lowest BCUT2D eigenvalue weighted by Crippen LogP contribution is -2.36. The summed E-state index contributed by atoms with van der Waals surface area (Å²) in [6.07, 6.45) is 5.78. The van der Waals surface area contributed by atoms with Gasteiger partial charge in [0.1, 0.15) is 0 Å². The molecular weight excluding hydrogens is 246 g/mol. The van der Waals surface area contributed by atoms with E-state index in [1.807, 2.05) is 6.92 Å². The van der Waals surface area contributed by atoms with Gasteiger partial charge in [0, 0.05) is 25.0 Å². The van der Waals surface area contributed by atoms with Gasteiger partial charge in [-0.3, -0.25) is 9.59 Å². The Morgan fingerprint density at radius 2 is 2.32 bits per heavy atom. The molecule has 0 bridgehead atoms. The Hall–Kier alpha value is -1.85. The van der Waals surface area contributed by atoms with E-state index in [0.717, 1.165) is 12.8 Å². The van der Waals surface area contributed by atoms with Crippen molar-refractivity contribution < 1.29 is 9.90 Å². The maximum absolute atomic E-state index is 12.1. The topological polar surface area (TPSA) is 84.2 Å². The molecule has 1 aromatic rings. The zero-order valence-electron chi connectivity index (χ0n) is 11.2. The van der Waals surface area contributed by atoms with Crippen molar-refractivity contribution in [3.63, 3.8) is 0 Å². The van der Waals surface area contributed by atoms with Crippen LogP contribution in [0.25, 0.3) is 0 Å². The van der Waals surface area contributed by atoms with Gasteiger partial charge in [-0.05, 0) is 26.2 Å².